The molecule has 0 saturated carbocycles. The third kappa shape index (κ3) is 4.59. The molecule has 2 rings (SSSR count). The molecule has 0 aliphatic carbocycles. The van der Waals surface area contributed by atoms with Crippen molar-refractivity contribution in [1.82, 2.24) is 5.32 Å². The van der Waals surface area contributed by atoms with Crippen LogP contribution in [0, 0.1) is 17.8 Å². The number of rotatable bonds is 4. The van der Waals surface area contributed by atoms with Gasteiger partial charge in [-0.1, -0.05) is 17.9 Å². The van der Waals surface area contributed by atoms with Gasteiger partial charge in [0.05, 0.1) is 13.2 Å². The molecule has 1 fully saturated rings. The molecule has 1 saturated heterocycles. The highest BCUT2D eigenvalue weighted by Gasteiger charge is 2.23. The van der Waals surface area contributed by atoms with Crippen molar-refractivity contribution in [2.24, 2.45) is 5.92 Å². The minimum absolute atomic E-state index is 0.0498. The van der Waals surface area contributed by atoms with E-state index in [1.807, 2.05) is 19.1 Å². The predicted molar refractivity (Wildman–Crippen MR) is 80.9 cm³/mol. The van der Waals surface area contributed by atoms with E-state index in [4.69, 9.17) is 9.84 Å². The Hall–Kier alpha value is -1.83. The summed E-state index contributed by atoms with van der Waals surface area (Å²) in [6, 6.07) is 7.34. The minimum atomic E-state index is -0.0831. The van der Waals surface area contributed by atoms with E-state index in [1.54, 1.807) is 12.1 Å². The highest BCUT2D eigenvalue weighted by molar-refractivity contribution is 5.94. The SMILES string of the molecule is CC(NC(=O)c1cccc(C#CCCO)c1)C1CCOC1. The van der Waals surface area contributed by atoms with Crippen molar-refractivity contribution in [2.45, 2.75) is 25.8 Å². The van der Waals surface area contributed by atoms with E-state index in [0.717, 1.165) is 18.6 Å². The molecule has 1 aromatic carbocycles. The number of hydrogen-bond acceptors (Lipinski definition) is 3. The fourth-order valence-electron chi connectivity index (χ4n) is 2.31. The van der Waals surface area contributed by atoms with Gasteiger partial charge < -0.3 is 15.2 Å². The molecular formula is C17H21NO3. The number of carbonyl (C=O) groups is 1. The van der Waals surface area contributed by atoms with Crippen LogP contribution in [0.1, 0.15) is 35.7 Å². The lowest BCUT2D eigenvalue weighted by atomic mass is 10.00. The summed E-state index contributed by atoms with van der Waals surface area (Å²) in [5, 5.41) is 11.7. The maximum atomic E-state index is 12.3. The van der Waals surface area contributed by atoms with Gasteiger partial charge in [-0.05, 0) is 31.5 Å². The molecule has 1 heterocycles. The molecule has 1 aromatic rings. The second kappa shape index (κ2) is 7.82. The largest absolute Gasteiger partial charge is 0.395 e. The zero-order valence-electron chi connectivity index (χ0n) is 12.3. The molecule has 0 spiro atoms. The Morgan fingerprint density at radius 3 is 3.14 bits per heavy atom. The van der Waals surface area contributed by atoms with Gasteiger partial charge in [-0.2, -0.15) is 0 Å². The van der Waals surface area contributed by atoms with Gasteiger partial charge in [-0.15, -0.1) is 0 Å². The quantitative estimate of drug-likeness (QED) is 0.827. The Morgan fingerprint density at radius 1 is 1.57 bits per heavy atom. The number of amides is 1. The number of carbonyl (C=O) groups excluding carboxylic acids is 1. The monoisotopic (exact) mass is 287 g/mol. The average Bonchev–Trinajstić information content (AvgIpc) is 3.02. The molecule has 0 radical (unpaired) electrons. The molecule has 4 heteroatoms. The first-order valence-electron chi connectivity index (χ1n) is 7.29. The smallest absolute Gasteiger partial charge is 0.251 e. The Balaban J connectivity index is 1.98. The van der Waals surface area contributed by atoms with Gasteiger partial charge in [0.2, 0.25) is 0 Å². The first kappa shape index (κ1) is 15.6. The van der Waals surface area contributed by atoms with Crippen LogP contribution in [0.4, 0.5) is 0 Å². The highest BCUT2D eigenvalue weighted by Crippen LogP contribution is 2.17. The van der Waals surface area contributed by atoms with E-state index in [2.05, 4.69) is 17.2 Å². The molecule has 2 N–H and O–H groups in total. The van der Waals surface area contributed by atoms with Crippen LogP contribution in [-0.2, 0) is 4.74 Å². The van der Waals surface area contributed by atoms with Gasteiger partial charge in [0.15, 0.2) is 0 Å². The Bertz CT molecular complexity index is 538. The zero-order valence-corrected chi connectivity index (χ0v) is 12.3. The van der Waals surface area contributed by atoms with E-state index in [0.29, 0.717) is 24.5 Å². The second-order valence-corrected chi connectivity index (χ2v) is 5.24. The third-order valence-corrected chi connectivity index (χ3v) is 3.63. The van der Waals surface area contributed by atoms with Crippen molar-refractivity contribution in [2.75, 3.05) is 19.8 Å². The van der Waals surface area contributed by atoms with Crippen molar-refractivity contribution in [3.05, 3.63) is 35.4 Å². The normalized spacial score (nSPS) is 18.7. The van der Waals surface area contributed by atoms with Crippen LogP contribution in [0.15, 0.2) is 24.3 Å². The summed E-state index contributed by atoms with van der Waals surface area (Å²) in [5.41, 5.74) is 1.39. The van der Waals surface area contributed by atoms with E-state index in [9.17, 15) is 4.79 Å². The number of benzene rings is 1. The number of ether oxygens (including phenoxy) is 1. The number of aliphatic hydroxyl groups excluding tert-OH is 1. The molecule has 2 atom stereocenters. The fourth-order valence-corrected chi connectivity index (χ4v) is 2.31. The van der Waals surface area contributed by atoms with E-state index in [1.165, 1.54) is 0 Å². The summed E-state index contributed by atoms with van der Waals surface area (Å²) in [5.74, 6) is 6.10. The van der Waals surface area contributed by atoms with Crippen LogP contribution < -0.4 is 5.32 Å². The molecule has 0 bridgehead atoms. The van der Waals surface area contributed by atoms with E-state index < -0.39 is 0 Å². The third-order valence-electron chi connectivity index (χ3n) is 3.63. The summed E-state index contributed by atoms with van der Waals surface area (Å²) in [7, 11) is 0. The molecule has 0 aromatic heterocycles. The summed E-state index contributed by atoms with van der Waals surface area (Å²) < 4.78 is 5.35. The highest BCUT2D eigenvalue weighted by atomic mass is 16.5. The Labute approximate surface area is 125 Å². The van der Waals surface area contributed by atoms with Crippen LogP contribution in [0.25, 0.3) is 0 Å². The molecule has 1 aliphatic rings. The van der Waals surface area contributed by atoms with Crippen molar-refractivity contribution in [3.63, 3.8) is 0 Å². The molecule has 1 aliphatic heterocycles. The molecule has 4 nitrogen and oxygen atoms in total. The fraction of sp³-hybridized carbons (Fsp3) is 0.471. The molecule has 112 valence electrons. The predicted octanol–water partition coefficient (Wildman–Crippen LogP) is 1.58. The average molecular weight is 287 g/mol. The molecule has 2 unspecified atom stereocenters. The minimum Gasteiger partial charge on any atom is -0.395 e. The van der Waals surface area contributed by atoms with Gasteiger partial charge in [0.25, 0.3) is 5.91 Å². The zero-order chi connectivity index (χ0) is 15.1. The second-order valence-electron chi connectivity index (χ2n) is 5.24. The lowest BCUT2D eigenvalue weighted by Gasteiger charge is -2.19. The molecule has 21 heavy (non-hydrogen) atoms. The van der Waals surface area contributed by atoms with Crippen molar-refractivity contribution in [3.8, 4) is 11.8 Å². The van der Waals surface area contributed by atoms with Crippen molar-refractivity contribution in [1.29, 1.82) is 0 Å². The van der Waals surface area contributed by atoms with Crippen molar-refractivity contribution < 1.29 is 14.6 Å². The van der Waals surface area contributed by atoms with Crippen LogP contribution in [0.2, 0.25) is 0 Å². The van der Waals surface area contributed by atoms with Gasteiger partial charge in [-0.25, -0.2) is 0 Å². The molecule has 1 amide bonds. The first-order valence-corrected chi connectivity index (χ1v) is 7.29. The number of nitrogens with one attached hydrogen (secondary N) is 1. The van der Waals surface area contributed by atoms with Crippen LogP contribution in [-0.4, -0.2) is 36.9 Å². The Morgan fingerprint density at radius 2 is 2.43 bits per heavy atom. The summed E-state index contributed by atoms with van der Waals surface area (Å²) in [6.45, 7) is 3.56. The Kier molecular flexibility index (Phi) is 5.79. The topological polar surface area (TPSA) is 58.6 Å². The summed E-state index contributed by atoms with van der Waals surface area (Å²) >= 11 is 0. The summed E-state index contributed by atoms with van der Waals surface area (Å²) in [4.78, 5) is 12.3. The van der Waals surface area contributed by atoms with Gasteiger partial charge in [-0.3, -0.25) is 4.79 Å². The van der Waals surface area contributed by atoms with Crippen LogP contribution >= 0.6 is 0 Å². The van der Waals surface area contributed by atoms with Crippen LogP contribution in [0.5, 0.6) is 0 Å². The van der Waals surface area contributed by atoms with E-state index >= 15 is 0 Å². The number of aliphatic hydroxyl groups is 1. The lowest BCUT2D eigenvalue weighted by Crippen LogP contribution is -2.38. The maximum Gasteiger partial charge on any atom is 0.251 e. The van der Waals surface area contributed by atoms with Crippen LogP contribution in [0.3, 0.4) is 0 Å². The van der Waals surface area contributed by atoms with Crippen molar-refractivity contribution >= 4 is 5.91 Å². The summed E-state index contributed by atoms with van der Waals surface area (Å²) in [6.07, 6.45) is 1.43. The molecular weight excluding hydrogens is 266 g/mol. The van der Waals surface area contributed by atoms with Gasteiger partial charge >= 0.3 is 0 Å². The first-order chi connectivity index (χ1) is 10.2. The van der Waals surface area contributed by atoms with Gasteiger partial charge in [0.1, 0.15) is 0 Å². The maximum absolute atomic E-state index is 12.3. The lowest BCUT2D eigenvalue weighted by molar-refractivity contribution is 0.0922. The number of hydrogen-bond donors (Lipinski definition) is 2. The van der Waals surface area contributed by atoms with E-state index in [-0.39, 0.29) is 18.6 Å². The van der Waals surface area contributed by atoms with Gasteiger partial charge in [0, 0.05) is 36.1 Å². The standard InChI is InChI=1S/C17H21NO3/c1-13(16-8-10-21-12-16)18-17(20)15-7-4-6-14(11-15)5-2-3-9-19/h4,6-7,11,13,16,19H,3,8-10,12H2,1H3,(H,18,20).